The molecular formula is C24H26ClN5O2. The number of amides is 1. The van der Waals surface area contributed by atoms with Crippen LogP contribution in [0.2, 0.25) is 0 Å². The maximum Gasteiger partial charge on any atom is 0.255 e. The molecule has 0 unspecified atom stereocenters. The van der Waals surface area contributed by atoms with Crippen LogP contribution in [-0.2, 0) is 6.42 Å². The number of hydrogen-bond donors (Lipinski definition) is 3. The summed E-state index contributed by atoms with van der Waals surface area (Å²) in [5.41, 5.74) is 4.53. The van der Waals surface area contributed by atoms with Crippen molar-refractivity contribution >= 4 is 40.6 Å². The van der Waals surface area contributed by atoms with E-state index in [9.17, 15) is 9.59 Å². The summed E-state index contributed by atoms with van der Waals surface area (Å²) in [7, 11) is 0. The Kier molecular flexibility index (Phi) is 6.30. The number of piperidine rings is 1. The van der Waals surface area contributed by atoms with E-state index in [1.54, 1.807) is 6.07 Å². The molecule has 2 aromatic carbocycles. The van der Waals surface area contributed by atoms with E-state index in [-0.39, 0.29) is 29.8 Å². The van der Waals surface area contributed by atoms with Crippen LogP contribution in [0.5, 0.6) is 0 Å². The molecule has 0 saturated carbocycles. The van der Waals surface area contributed by atoms with Gasteiger partial charge in [0.15, 0.2) is 0 Å². The normalized spacial score (nSPS) is 14.4. The first-order valence-electron chi connectivity index (χ1n) is 10.8. The highest BCUT2D eigenvalue weighted by atomic mass is 35.5. The molecule has 1 aliphatic rings. The summed E-state index contributed by atoms with van der Waals surface area (Å²) in [5, 5.41) is 11.9. The number of benzene rings is 2. The third-order valence-electron chi connectivity index (χ3n) is 6.09. The summed E-state index contributed by atoms with van der Waals surface area (Å²) < 4.78 is 1.84. The number of aryl methyl sites for hydroxylation is 1. The number of aromatic nitrogens is 3. The lowest BCUT2D eigenvalue weighted by Crippen LogP contribution is -2.28. The predicted molar refractivity (Wildman–Crippen MR) is 129 cm³/mol. The fourth-order valence-electron chi connectivity index (χ4n) is 4.39. The molecule has 4 aromatic rings. The van der Waals surface area contributed by atoms with Crippen molar-refractivity contribution in [2.75, 3.05) is 18.4 Å². The quantitative estimate of drug-likeness (QED) is 0.439. The number of nitrogens with zero attached hydrogens (tertiary/aromatic N) is 2. The van der Waals surface area contributed by atoms with E-state index in [0.29, 0.717) is 16.9 Å². The molecule has 1 aliphatic heterocycles. The van der Waals surface area contributed by atoms with Gasteiger partial charge in [-0.15, -0.1) is 12.4 Å². The van der Waals surface area contributed by atoms with Crippen LogP contribution in [0, 0.1) is 0 Å². The Balaban J connectivity index is 0.00000245. The molecule has 0 radical (unpaired) electrons. The van der Waals surface area contributed by atoms with Crippen LogP contribution in [0.25, 0.3) is 16.6 Å². The number of nitrogens with one attached hydrogen (secondary N) is 3. The van der Waals surface area contributed by atoms with Crippen LogP contribution in [0.1, 0.15) is 47.3 Å². The minimum absolute atomic E-state index is 0. The lowest BCUT2D eigenvalue weighted by atomic mass is 9.94. The number of aromatic amines is 1. The zero-order valence-electron chi connectivity index (χ0n) is 17.9. The minimum Gasteiger partial charge on any atom is -0.321 e. The topological polar surface area (TPSA) is 91.3 Å². The Morgan fingerprint density at radius 2 is 1.91 bits per heavy atom. The molecule has 0 spiro atoms. The van der Waals surface area contributed by atoms with Crippen LogP contribution in [0.3, 0.4) is 0 Å². The van der Waals surface area contributed by atoms with Gasteiger partial charge in [0.1, 0.15) is 5.65 Å². The van der Waals surface area contributed by atoms with E-state index >= 15 is 0 Å². The molecule has 8 heteroatoms. The largest absolute Gasteiger partial charge is 0.321 e. The van der Waals surface area contributed by atoms with Crippen LogP contribution in [0.4, 0.5) is 5.69 Å². The number of H-pyrrole nitrogens is 1. The zero-order chi connectivity index (χ0) is 21.4. The van der Waals surface area contributed by atoms with Gasteiger partial charge in [-0.1, -0.05) is 25.1 Å². The maximum atomic E-state index is 12.9. The highest BCUT2D eigenvalue weighted by molar-refractivity contribution is 6.11. The van der Waals surface area contributed by atoms with E-state index < -0.39 is 0 Å². The highest BCUT2D eigenvalue weighted by Gasteiger charge is 2.22. The molecule has 1 saturated heterocycles. The van der Waals surface area contributed by atoms with Gasteiger partial charge in [0, 0.05) is 17.5 Å². The molecule has 166 valence electrons. The molecular weight excluding hydrogens is 426 g/mol. The van der Waals surface area contributed by atoms with E-state index in [0.717, 1.165) is 48.9 Å². The second-order valence-electron chi connectivity index (χ2n) is 8.05. The lowest BCUT2D eigenvalue weighted by molar-refractivity contribution is 0.102. The number of carbonyl (C=O) groups is 1. The molecule has 7 nitrogen and oxygen atoms in total. The van der Waals surface area contributed by atoms with Crippen molar-refractivity contribution in [2.24, 2.45) is 0 Å². The molecule has 3 heterocycles. The molecule has 1 fully saturated rings. The predicted octanol–water partition coefficient (Wildman–Crippen LogP) is 3.88. The third-order valence-corrected chi connectivity index (χ3v) is 6.09. The van der Waals surface area contributed by atoms with E-state index in [1.165, 1.54) is 5.56 Å². The van der Waals surface area contributed by atoms with Crippen molar-refractivity contribution in [3.63, 3.8) is 0 Å². The average molecular weight is 452 g/mol. The fraction of sp³-hybridized carbons (Fsp3) is 0.292. The Bertz CT molecular complexity index is 1320. The number of anilines is 1. The Hall–Kier alpha value is -3.16. The molecule has 1 amide bonds. The SMILES string of the molecule is CCc1ccc(C(=O)Nc2cccc3nn4c(C5CCNCC5)cc(=O)[nH]c4c23)cc1.Cl. The summed E-state index contributed by atoms with van der Waals surface area (Å²) in [6.45, 7) is 3.94. The number of fused-ring (bicyclic) bond motifs is 3. The fourth-order valence-corrected chi connectivity index (χ4v) is 4.39. The smallest absolute Gasteiger partial charge is 0.255 e. The zero-order valence-corrected chi connectivity index (χ0v) is 18.7. The van der Waals surface area contributed by atoms with Gasteiger partial charge >= 0.3 is 0 Å². The van der Waals surface area contributed by atoms with Gasteiger partial charge in [-0.05, 0) is 62.2 Å². The van der Waals surface area contributed by atoms with Gasteiger partial charge in [0.2, 0.25) is 0 Å². The number of halogens is 1. The van der Waals surface area contributed by atoms with Crippen molar-refractivity contribution < 1.29 is 4.79 Å². The van der Waals surface area contributed by atoms with Crippen molar-refractivity contribution in [2.45, 2.75) is 32.1 Å². The van der Waals surface area contributed by atoms with Crippen molar-refractivity contribution in [3.05, 3.63) is 75.7 Å². The second kappa shape index (κ2) is 9.14. The highest BCUT2D eigenvalue weighted by Crippen LogP contribution is 2.30. The monoisotopic (exact) mass is 451 g/mol. The summed E-state index contributed by atoms with van der Waals surface area (Å²) in [5.74, 6) is 0.0850. The van der Waals surface area contributed by atoms with Gasteiger partial charge in [-0.2, -0.15) is 5.10 Å². The molecule has 5 rings (SSSR count). The Morgan fingerprint density at radius 1 is 1.16 bits per heavy atom. The van der Waals surface area contributed by atoms with Crippen molar-refractivity contribution in [3.8, 4) is 0 Å². The van der Waals surface area contributed by atoms with E-state index in [2.05, 4.69) is 22.5 Å². The summed E-state index contributed by atoms with van der Waals surface area (Å²) in [4.78, 5) is 28.3. The lowest BCUT2D eigenvalue weighted by Gasteiger charge is -2.23. The molecule has 0 aliphatic carbocycles. The summed E-state index contributed by atoms with van der Waals surface area (Å²) in [6, 6.07) is 14.9. The van der Waals surface area contributed by atoms with Gasteiger partial charge in [0.25, 0.3) is 11.5 Å². The number of rotatable bonds is 4. The van der Waals surface area contributed by atoms with Gasteiger partial charge < -0.3 is 15.6 Å². The first-order chi connectivity index (χ1) is 15.1. The van der Waals surface area contributed by atoms with Gasteiger partial charge in [-0.3, -0.25) is 9.59 Å². The van der Waals surface area contributed by atoms with Crippen molar-refractivity contribution in [1.82, 2.24) is 19.9 Å². The molecule has 0 bridgehead atoms. The van der Waals surface area contributed by atoms with Crippen LogP contribution < -0.4 is 16.2 Å². The average Bonchev–Trinajstić information content (AvgIpc) is 3.18. The maximum absolute atomic E-state index is 12.9. The van der Waals surface area contributed by atoms with Gasteiger partial charge in [-0.25, -0.2) is 4.52 Å². The van der Waals surface area contributed by atoms with E-state index in [4.69, 9.17) is 5.10 Å². The van der Waals surface area contributed by atoms with E-state index in [1.807, 2.05) is 47.0 Å². The molecule has 3 N–H and O–H groups in total. The van der Waals surface area contributed by atoms with Crippen LogP contribution >= 0.6 is 12.4 Å². The molecule has 2 aromatic heterocycles. The first-order valence-corrected chi connectivity index (χ1v) is 10.8. The van der Waals surface area contributed by atoms with Crippen LogP contribution in [-0.4, -0.2) is 33.6 Å². The van der Waals surface area contributed by atoms with Gasteiger partial charge in [0.05, 0.1) is 22.3 Å². The first kappa shape index (κ1) is 22.0. The minimum atomic E-state index is -0.189. The van der Waals surface area contributed by atoms with Crippen LogP contribution in [0.15, 0.2) is 53.3 Å². The molecule has 0 atom stereocenters. The number of carbonyl (C=O) groups excluding carboxylic acids is 1. The standard InChI is InChI=1S/C24H25N5O2.ClH/c1-2-15-6-8-17(9-7-15)24(31)26-18-4-3-5-19-22(18)23-27-21(30)14-20(29(23)28-19)16-10-12-25-13-11-16;/h3-9,14,16,25H,2,10-13H2,1H3,(H,26,31)(H,27,30);1H. The summed E-state index contributed by atoms with van der Waals surface area (Å²) >= 11 is 0. The second-order valence-corrected chi connectivity index (χ2v) is 8.05. The Morgan fingerprint density at radius 3 is 2.62 bits per heavy atom. The third kappa shape index (κ3) is 4.01. The summed E-state index contributed by atoms with van der Waals surface area (Å²) in [6.07, 6.45) is 2.86. The van der Waals surface area contributed by atoms with Crippen molar-refractivity contribution in [1.29, 1.82) is 0 Å². The Labute approximate surface area is 191 Å². The molecule has 32 heavy (non-hydrogen) atoms. The number of hydrogen-bond acceptors (Lipinski definition) is 4.